The summed E-state index contributed by atoms with van der Waals surface area (Å²) >= 11 is 8.76. The first kappa shape index (κ1) is 15.9. The van der Waals surface area contributed by atoms with Gasteiger partial charge in [0.15, 0.2) is 5.82 Å². The monoisotopic (exact) mass is 417 g/mol. The first-order chi connectivity index (χ1) is 9.52. The zero-order chi connectivity index (χ0) is 14.7. The summed E-state index contributed by atoms with van der Waals surface area (Å²) in [5.74, 6) is 2.01. The number of anilines is 1. The fourth-order valence-electron chi connectivity index (χ4n) is 1.75. The maximum absolute atomic E-state index is 4.72. The van der Waals surface area contributed by atoms with E-state index in [1.165, 1.54) is 0 Å². The summed E-state index contributed by atoms with van der Waals surface area (Å²) < 4.78 is 2.04. The van der Waals surface area contributed by atoms with Crippen molar-refractivity contribution in [3.05, 3.63) is 26.1 Å². The highest BCUT2D eigenvalue weighted by Gasteiger charge is 2.16. The predicted octanol–water partition coefficient (Wildman–Crippen LogP) is 5.68. The molecule has 2 heterocycles. The molecular weight excluding hydrogens is 402 g/mol. The van der Waals surface area contributed by atoms with Gasteiger partial charge in [-0.2, -0.15) is 0 Å². The van der Waals surface area contributed by atoms with Crippen molar-refractivity contribution in [3.63, 3.8) is 0 Å². The van der Waals surface area contributed by atoms with Gasteiger partial charge in [0, 0.05) is 16.4 Å². The number of halogens is 2. The van der Waals surface area contributed by atoms with Crippen molar-refractivity contribution in [2.75, 3.05) is 11.9 Å². The molecule has 6 heteroatoms. The Hall–Kier alpha value is -0.460. The SMILES string of the molecule is CCCNc1nc(-c2cc(Br)cs2)nc(C(C)C)c1Br. The molecule has 0 aliphatic heterocycles. The Morgan fingerprint density at radius 2 is 2.05 bits per heavy atom. The Kier molecular flexibility index (Phi) is 5.57. The van der Waals surface area contributed by atoms with E-state index < -0.39 is 0 Å². The first-order valence-corrected chi connectivity index (χ1v) is 9.05. The van der Waals surface area contributed by atoms with E-state index >= 15 is 0 Å². The number of hydrogen-bond donors (Lipinski definition) is 1. The van der Waals surface area contributed by atoms with Crippen molar-refractivity contribution in [1.82, 2.24) is 9.97 Å². The van der Waals surface area contributed by atoms with E-state index in [1.807, 2.05) is 0 Å². The highest BCUT2D eigenvalue weighted by atomic mass is 79.9. The van der Waals surface area contributed by atoms with Crippen LogP contribution in [0.25, 0.3) is 10.7 Å². The maximum atomic E-state index is 4.72. The minimum Gasteiger partial charge on any atom is -0.369 e. The van der Waals surface area contributed by atoms with Crippen molar-refractivity contribution < 1.29 is 0 Å². The lowest BCUT2D eigenvalue weighted by molar-refractivity contribution is 0.808. The average Bonchev–Trinajstić information content (AvgIpc) is 2.84. The van der Waals surface area contributed by atoms with Gasteiger partial charge in [-0.05, 0) is 50.3 Å². The van der Waals surface area contributed by atoms with Crippen molar-refractivity contribution in [3.8, 4) is 10.7 Å². The molecule has 2 aromatic heterocycles. The highest BCUT2D eigenvalue weighted by molar-refractivity contribution is 9.11. The van der Waals surface area contributed by atoms with Crippen molar-refractivity contribution in [1.29, 1.82) is 0 Å². The second-order valence-corrected chi connectivity index (χ2v) is 7.43. The lowest BCUT2D eigenvalue weighted by atomic mass is 10.1. The van der Waals surface area contributed by atoms with Crippen LogP contribution in [-0.4, -0.2) is 16.5 Å². The number of thiophene rings is 1. The highest BCUT2D eigenvalue weighted by Crippen LogP contribution is 2.34. The van der Waals surface area contributed by atoms with Crippen LogP contribution in [0.15, 0.2) is 20.4 Å². The summed E-state index contributed by atoms with van der Waals surface area (Å²) in [5.41, 5.74) is 1.04. The lowest BCUT2D eigenvalue weighted by Gasteiger charge is -2.14. The summed E-state index contributed by atoms with van der Waals surface area (Å²) in [7, 11) is 0. The summed E-state index contributed by atoms with van der Waals surface area (Å²) in [6.45, 7) is 7.33. The molecule has 3 nitrogen and oxygen atoms in total. The van der Waals surface area contributed by atoms with E-state index in [-0.39, 0.29) is 0 Å². The van der Waals surface area contributed by atoms with E-state index in [1.54, 1.807) is 11.3 Å². The summed E-state index contributed by atoms with van der Waals surface area (Å²) in [6.07, 6.45) is 1.06. The van der Waals surface area contributed by atoms with E-state index in [9.17, 15) is 0 Å². The zero-order valence-electron chi connectivity index (χ0n) is 11.7. The molecule has 0 spiro atoms. The molecule has 0 saturated heterocycles. The molecule has 20 heavy (non-hydrogen) atoms. The van der Waals surface area contributed by atoms with Gasteiger partial charge in [-0.25, -0.2) is 9.97 Å². The van der Waals surface area contributed by atoms with Crippen molar-refractivity contribution in [2.45, 2.75) is 33.1 Å². The summed E-state index contributed by atoms with van der Waals surface area (Å²) in [4.78, 5) is 10.4. The molecular formula is C14H17Br2N3S. The average molecular weight is 419 g/mol. The fraction of sp³-hybridized carbons (Fsp3) is 0.429. The molecule has 0 unspecified atom stereocenters. The van der Waals surface area contributed by atoms with Gasteiger partial charge in [-0.1, -0.05) is 20.8 Å². The van der Waals surface area contributed by atoms with E-state index in [0.29, 0.717) is 5.92 Å². The molecule has 0 amide bonds. The Labute approximate surface area is 140 Å². The van der Waals surface area contributed by atoms with Gasteiger partial charge in [-0.3, -0.25) is 0 Å². The van der Waals surface area contributed by atoms with E-state index in [2.05, 4.69) is 74.4 Å². The Bertz CT molecular complexity index is 596. The molecule has 0 aliphatic carbocycles. The van der Waals surface area contributed by atoms with Gasteiger partial charge in [0.25, 0.3) is 0 Å². The molecule has 0 atom stereocenters. The molecule has 2 aromatic rings. The molecule has 1 N–H and O–H groups in total. The van der Waals surface area contributed by atoms with Crippen LogP contribution in [0.4, 0.5) is 5.82 Å². The molecule has 0 fully saturated rings. The zero-order valence-corrected chi connectivity index (χ0v) is 15.7. The minimum atomic E-state index is 0.344. The molecule has 108 valence electrons. The van der Waals surface area contributed by atoms with Gasteiger partial charge < -0.3 is 5.32 Å². The number of hydrogen-bond acceptors (Lipinski definition) is 4. The minimum absolute atomic E-state index is 0.344. The fourth-order valence-corrected chi connectivity index (χ4v) is 3.88. The van der Waals surface area contributed by atoms with Crippen LogP contribution in [-0.2, 0) is 0 Å². The van der Waals surface area contributed by atoms with Crippen molar-refractivity contribution >= 4 is 49.0 Å². The Morgan fingerprint density at radius 3 is 2.60 bits per heavy atom. The number of rotatable bonds is 5. The van der Waals surface area contributed by atoms with Crippen LogP contribution in [0.1, 0.15) is 38.8 Å². The third kappa shape index (κ3) is 3.59. The largest absolute Gasteiger partial charge is 0.369 e. The number of nitrogens with zero attached hydrogens (tertiary/aromatic N) is 2. The molecule has 0 bridgehead atoms. The number of aromatic nitrogens is 2. The molecule has 0 aliphatic rings. The maximum Gasteiger partial charge on any atom is 0.171 e. The molecule has 2 rings (SSSR count). The summed E-state index contributed by atoms with van der Waals surface area (Å²) in [6, 6.07) is 2.06. The van der Waals surface area contributed by atoms with Gasteiger partial charge >= 0.3 is 0 Å². The third-order valence-electron chi connectivity index (χ3n) is 2.75. The molecule has 0 aromatic carbocycles. The van der Waals surface area contributed by atoms with Gasteiger partial charge in [-0.15, -0.1) is 11.3 Å². The van der Waals surface area contributed by atoms with Crippen molar-refractivity contribution in [2.24, 2.45) is 0 Å². The van der Waals surface area contributed by atoms with E-state index in [0.717, 1.165) is 44.1 Å². The Balaban J connectivity index is 2.49. The predicted molar refractivity (Wildman–Crippen MR) is 93.6 cm³/mol. The second kappa shape index (κ2) is 7.00. The van der Waals surface area contributed by atoms with Crippen LogP contribution in [0.5, 0.6) is 0 Å². The van der Waals surface area contributed by atoms with E-state index in [4.69, 9.17) is 4.98 Å². The Morgan fingerprint density at radius 1 is 1.30 bits per heavy atom. The topological polar surface area (TPSA) is 37.8 Å². The quantitative estimate of drug-likeness (QED) is 0.678. The van der Waals surface area contributed by atoms with Gasteiger partial charge in [0.1, 0.15) is 5.82 Å². The smallest absolute Gasteiger partial charge is 0.171 e. The number of nitrogens with one attached hydrogen (secondary N) is 1. The lowest BCUT2D eigenvalue weighted by Crippen LogP contribution is -2.08. The normalized spacial score (nSPS) is 11.1. The van der Waals surface area contributed by atoms with Gasteiger partial charge in [0.05, 0.1) is 15.0 Å². The summed E-state index contributed by atoms with van der Waals surface area (Å²) in [5, 5.41) is 5.42. The van der Waals surface area contributed by atoms with Gasteiger partial charge in [0.2, 0.25) is 0 Å². The third-order valence-corrected chi connectivity index (χ3v) is 5.22. The van der Waals surface area contributed by atoms with Crippen LogP contribution in [0.2, 0.25) is 0 Å². The van der Waals surface area contributed by atoms with Crippen LogP contribution in [0, 0.1) is 0 Å². The standard InChI is InChI=1S/C14H17Br2N3S/c1-4-5-17-14-11(16)12(8(2)3)18-13(19-14)10-6-9(15)7-20-10/h6-8H,4-5H2,1-3H3,(H,17,18,19). The van der Waals surface area contributed by atoms with Crippen LogP contribution < -0.4 is 5.32 Å². The molecule has 0 saturated carbocycles. The molecule has 0 radical (unpaired) electrons. The second-order valence-electron chi connectivity index (χ2n) is 4.81. The van der Waals surface area contributed by atoms with Crippen LogP contribution >= 0.6 is 43.2 Å². The van der Waals surface area contributed by atoms with Crippen LogP contribution in [0.3, 0.4) is 0 Å². The first-order valence-electron chi connectivity index (χ1n) is 6.58.